The van der Waals surface area contributed by atoms with Crippen LogP contribution in [0.5, 0.6) is 0 Å². The Morgan fingerprint density at radius 1 is 1.24 bits per heavy atom. The summed E-state index contributed by atoms with van der Waals surface area (Å²) in [6.45, 7) is 2.83. The first-order valence-corrected chi connectivity index (χ1v) is 7.35. The number of piperazine rings is 1. The standard InChI is InChI=1S/C14H17ClN4O2/c15-10-2-1-3-11(8-10)18-4-6-19(7-5-18)14(21)12-9-13(20)17-16-12/h1-3,8,12,16H,4-7,9H2,(H,17,20). The molecule has 7 heteroatoms. The van der Waals surface area contributed by atoms with Gasteiger partial charge in [-0.2, -0.15) is 0 Å². The summed E-state index contributed by atoms with van der Waals surface area (Å²) in [6, 6.07) is 7.29. The highest BCUT2D eigenvalue weighted by atomic mass is 35.5. The number of halogens is 1. The molecule has 2 aliphatic heterocycles. The van der Waals surface area contributed by atoms with E-state index < -0.39 is 6.04 Å². The zero-order valence-electron chi connectivity index (χ0n) is 11.5. The van der Waals surface area contributed by atoms with E-state index in [9.17, 15) is 9.59 Å². The smallest absolute Gasteiger partial charge is 0.242 e. The molecule has 1 unspecified atom stereocenters. The van der Waals surface area contributed by atoms with Crippen molar-refractivity contribution in [3.8, 4) is 0 Å². The van der Waals surface area contributed by atoms with Gasteiger partial charge in [0.05, 0.1) is 6.42 Å². The van der Waals surface area contributed by atoms with Crippen molar-refractivity contribution in [1.29, 1.82) is 0 Å². The second-order valence-corrected chi connectivity index (χ2v) is 5.68. The molecule has 0 aromatic heterocycles. The quantitative estimate of drug-likeness (QED) is 0.829. The molecule has 2 aliphatic rings. The molecule has 1 aromatic rings. The third-order valence-electron chi connectivity index (χ3n) is 3.84. The molecule has 1 atom stereocenters. The van der Waals surface area contributed by atoms with Crippen molar-refractivity contribution in [2.24, 2.45) is 0 Å². The first kappa shape index (κ1) is 14.2. The van der Waals surface area contributed by atoms with Gasteiger partial charge in [-0.1, -0.05) is 17.7 Å². The Labute approximate surface area is 128 Å². The van der Waals surface area contributed by atoms with Gasteiger partial charge in [0.15, 0.2) is 0 Å². The second kappa shape index (κ2) is 5.91. The molecule has 3 rings (SSSR count). The summed E-state index contributed by atoms with van der Waals surface area (Å²) < 4.78 is 0. The zero-order chi connectivity index (χ0) is 14.8. The molecule has 21 heavy (non-hydrogen) atoms. The molecule has 2 saturated heterocycles. The summed E-state index contributed by atoms with van der Waals surface area (Å²) in [6.07, 6.45) is 0.216. The number of nitrogens with one attached hydrogen (secondary N) is 2. The average Bonchev–Trinajstić information content (AvgIpc) is 2.93. The second-order valence-electron chi connectivity index (χ2n) is 5.24. The van der Waals surface area contributed by atoms with Gasteiger partial charge >= 0.3 is 0 Å². The maximum atomic E-state index is 12.3. The first-order chi connectivity index (χ1) is 10.1. The predicted molar refractivity (Wildman–Crippen MR) is 79.9 cm³/mol. The number of rotatable bonds is 2. The lowest BCUT2D eigenvalue weighted by atomic mass is 10.1. The van der Waals surface area contributed by atoms with E-state index in [1.807, 2.05) is 24.3 Å². The Bertz CT molecular complexity index is 558. The minimum atomic E-state index is -0.435. The minimum absolute atomic E-state index is 0.0147. The lowest BCUT2D eigenvalue weighted by molar-refractivity contribution is -0.134. The molecule has 0 radical (unpaired) electrons. The van der Waals surface area contributed by atoms with Crippen molar-refractivity contribution < 1.29 is 9.59 Å². The number of carbonyl (C=O) groups is 2. The van der Waals surface area contributed by atoms with E-state index >= 15 is 0 Å². The van der Waals surface area contributed by atoms with Gasteiger partial charge in [0, 0.05) is 36.9 Å². The van der Waals surface area contributed by atoms with Crippen LogP contribution in [0.4, 0.5) is 5.69 Å². The van der Waals surface area contributed by atoms with Gasteiger partial charge in [0.2, 0.25) is 11.8 Å². The van der Waals surface area contributed by atoms with Crippen molar-refractivity contribution in [3.05, 3.63) is 29.3 Å². The van der Waals surface area contributed by atoms with E-state index in [2.05, 4.69) is 15.8 Å². The Morgan fingerprint density at radius 2 is 2.00 bits per heavy atom. The Balaban J connectivity index is 1.57. The van der Waals surface area contributed by atoms with Gasteiger partial charge in [-0.15, -0.1) is 0 Å². The van der Waals surface area contributed by atoms with Crippen LogP contribution >= 0.6 is 11.6 Å². The summed E-state index contributed by atoms with van der Waals surface area (Å²) >= 11 is 6.00. The molecule has 2 amide bonds. The van der Waals surface area contributed by atoms with Crippen LogP contribution in [0.3, 0.4) is 0 Å². The van der Waals surface area contributed by atoms with Crippen LogP contribution in [0.2, 0.25) is 5.02 Å². The monoisotopic (exact) mass is 308 g/mol. The van der Waals surface area contributed by atoms with Crippen molar-refractivity contribution in [1.82, 2.24) is 15.8 Å². The van der Waals surface area contributed by atoms with E-state index in [4.69, 9.17) is 11.6 Å². The Kier molecular flexibility index (Phi) is 3.98. The number of hydrogen-bond acceptors (Lipinski definition) is 4. The fourth-order valence-electron chi connectivity index (χ4n) is 2.68. The molecule has 0 aliphatic carbocycles. The number of hydrogen-bond donors (Lipinski definition) is 2. The molecule has 0 spiro atoms. The topological polar surface area (TPSA) is 64.7 Å². The molecular formula is C14H17ClN4O2. The number of carbonyl (C=O) groups excluding carboxylic acids is 2. The molecule has 2 fully saturated rings. The molecule has 0 bridgehead atoms. The van der Waals surface area contributed by atoms with E-state index in [-0.39, 0.29) is 18.2 Å². The van der Waals surface area contributed by atoms with Crippen LogP contribution in [0.1, 0.15) is 6.42 Å². The fourth-order valence-corrected chi connectivity index (χ4v) is 2.87. The van der Waals surface area contributed by atoms with Crippen LogP contribution in [0, 0.1) is 0 Å². The van der Waals surface area contributed by atoms with Crippen molar-refractivity contribution in [2.45, 2.75) is 12.5 Å². The van der Waals surface area contributed by atoms with Crippen LogP contribution in [-0.4, -0.2) is 48.9 Å². The highest BCUT2D eigenvalue weighted by molar-refractivity contribution is 6.30. The van der Waals surface area contributed by atoms with Gasteiger partial charge in [-0.05, 0) is 18.2 Å². The van der Waals surface area contributed by atoms with E-state index in [1.165, 1.54) is 0 Å². The Morgan fingerprint density at radius 3 is 2.62 bits per heavy atom. The van der Waals surface area contributed by atoms with Crippen LogP contribution < -0.4 is 15.8 Å². The third kappa shape index (κ3) is 3.11. The zero-order valence-corrected chi connectivity index (χ0v) is 12.3. The van der Waals surface area contributed by atoms with Crippen molar-refractivity contribution in [3.63, 3.8) is 0 Å². The minimum Gasteiger partial charge on any atom is -0.368 e. The molecule has 0 saturated carbocycles. The van der Waals surface area contributed by atoms with E-state index in [1.54, 1.807) is 4.90 Å². The number of hydrazine groups is 1. The number of anilines is 1. The van der Waals surface area contributed by atoms with E-state index in [0.29, 0.717) is 18.1 Å². The van der Waals surface area contributed by atoms with Gasteiger partial charge in [0.25, 0.3) is 0 Å². The largest absolute Gasteiger partial charge is 0.368 e. The number of nitrogens with zero attached hydrogens (tertiary/aromatic N) is 2. The third-order valence-corrected chi connectivity index (χ3v) is 4.07. The summed E-state index contributed by atoms with van der Waals surface area (Å²) in [4.78, 5) is 27.4. The summed E-state index contributed by atoms with van der Waals surface area (Å²) in [5, 5.41) is 0.714. The highest BCUT2D eigenvalue weighted by Gasteiger charge is 2.32. The van der Waals surface area contributed by atoms with Crippen molar-refractivity contribution in [2.75, 3.05) is 31.1 Å². The van der Waals surface area contributed by atoms with Crippen LogP contribution in [0.15, 0.2) is 24.3 Å². The average molecular weight is 309 g/mol. The fraction of sp³-hybridized carbons (Fsp3) is 0.429. The number of benzene rings is 1. The lowest BCUT2D eigenvalue weighted by Crippen LogP contribution is -2.53. The maximum absolute atomic E-state index is 12.3. The van der Waals surface area contributed by atoms with Gasteiger partial charge in [-0.25, -0.2) is 5.43 Å². The van der Waals surface area contributed by atoms with Gasteiger partial charge in [0.1, 0.15) is 6.04 Å². The van der Waals surface area contributed by atoms with E-state index in [0.717, 1.165) is 18.8 Å². The lowest BCUT2D eigenvalue weighted by Gasteiger charge is -2.37. The molecule has 2 N–H and O–H groups in total. The molecule has 1 aromatic carbocycles. The first-order valence-electron chi connectivity index (χ1n) is 6.97. The number of amides is 2. The summed E-state index contributed by atoms with van der Waals surface area (Å²) in [5.74, 6) is -0.148. The maximum Gasteiger partial charge on any atom is 0.242 e. The SMILES string of the molecule is O=C1CC(C(=O)N2CCN(c3cccc(Cl)c3)CC2)NN1. The van der Waals surface area contributed by atoms with Gasteiger partial charge in [-0.3, -0.25) is 15.0 Å². The normalized spacial score (nSPS) is 22.3. The molecule has 112 valence electrons. The molecular weight excluding hydrogens is 292 g/mol. The van der Waals surface area contributed by atoms with Gasteiger partial charge < -0.3 is 9.80 Å². The summed E-state index contributed by atoms with van der Waals surface area (Å²) in [5.41, 5.74) is 6.28. The molecule has 2 heterocycles. The Hall–Kier alpha value is -1.79. The highest BCUT2D eigenvalue weighted by Crippen LogP contribution is 2.21. The summed E-state index contributed by atoms with van der Waals surface area (Å²) in [7, 11) is 0. The van der Waals surface area contributed by atoms with Crippen LogP contribution in [-0.2, 0) is 9.59 Å². The molecule has 6 nitrogen and oxygen atoms in total. The van der Waals surface area contributed by atoms with Crippen LogP contribution in [0.25, 0.3) is 0 Å². The predicted octanol–water partition coefficient (Wildman–Crippen LogP) is 0.382. The van der Waals surface area contributed by atoms with Crippen molar-refractivity contribution >= 4 is 29.1 Å².